The van der Waals surface area contributed by atoms with Gasteiger partial charge in [0.1, 0.15) is 0 Å². The van der Waals surface area contributed by atoms with E-state index in [4.69, 9.17) is 4.74 Å². The number of nitrogens with zero attached hydrogens (tertiary/aromatic N) is 2. The molecule has 0 radical (unpaired) electrons. The Balaban J connectivity index is 2.37. The van der Waals surface area contributed by atoms with Crippen molar-refractivity contribution >= 4 is 28.6 Å². The Morgan fingerprint density at radius 1 is 1.24 bits per heavy atom. The highest BCUT2D eigenvalue weighted by Crippen LogP contribution is 2.32. The molecule has 0 amide bonds. The van der Waals surface area contributed by atoms with Gasteiger partial charge in [-0.05, 0) is 33.1 Å². The summed E-state index contributed by atoms with van der Waals surface area (Å²) >= 11 is 3.14. The molecule has 0 fully saturated rings. The average molecular weight is 324 g/mol. The van der Waals surface area contributed by atoms with Crippen molar-refractivity contribution in [2.75, 3.05) is 0 Å². The van der Waals surface area contributed by atoms with Crippen LogP contribution in [0.25, 0.3) is 10.0 Å². The van der Waals surface area contributed by atoms with Crippen molar-refractivity contribution < 1.29 is 9.53 Å². The topological polar surface area (TPSA) is 52.1 Å². The van der Waals surface area contributed by atoms with E-state index in [0.29, 0.717) is 11.6 Å². The first-order chi connectivity index (χ1) is 9.86. The van der Waals surface area contributed by atoms with Crippen LogP contribution in [0.5, 0.6) is 0 Å². The summed E-state index contributed by atoms with van der Waals surface area (Å²) in [6.45, 7) is 9.96. The van der Waals surface area contributed by atoms with Gasteiger partial charge in [0.2, 0.25) is 0 Å². The number of rotatable bonds is 5. The first-order valence-corrected chi connectivity index (χ1v) is 8.63. The number of aromatic nitrogens is 2. The number of carbonyl (C=O) groups excluding carboxylic acids is 1. The summed E-state index contributed by atoms with van der Waals surface area (Å²) in [4.78, 5) is 23.2. The van der Waals surface area contributed by atoms with Crippen LogP contribution in [0.15, 0.2) is 6.20 Å². The predicted molar refractivity (Wildman–Crippen MR) is 87.1 cm³/mol. The third kappa shape index (κ3) is 4.11. The zero-order valence-electron chi connectivity index (χ0n) is 13.0. The molecule has 114 valence electrons. The van der Waals surface area contributed by atoms with Crippen LogP contribution in [0.2, 0.25) is 0 Å². The monoisotopic (exact) mass is 324 g/mol. The largest absolute Gasteiger partial charge is 0.458 e. The summed E-state index contributed by atoms with van der Waals surface area (Å²) in [6.07, 6.45) is 2.51. The van der Waals surface area contributed by atoms with Gasteiger partial charge in [-0.1, -0.05) is 13.8 Å². The molecule has 0 spiro atoms. The molecule has 0 unspecified atom stereocenters. The van der Waals surface area contributed by atoms with Crippen LogP contribution in [0.4, 0.5) is 0 Å². The van der Waals surface area contributed by atoms with Gasteiger partial charge in [-0.25, -0.2) is 14.8 Å². The molecule has 0 saturated heterocycles. The van der Waals surface area contributed by atoms with Gasteiger partial charge in [0, 0.05) is 16.0 Å². The number of ether oxygens (including phenoxy) is 1. The predicted octanol–water partition coefficient (Wildman–Crippen LogP) is 4.34. The van der Waals surface area contributed by atoms with E-state index in [1.807, 2.05) is 27.0 Å². The smallest absolute Gasteiger partial charge is 0.358 e. The lowest BCUT2D eigenvalue weighted by molar-refractivity contribution is 0.0370. The zero-order chi connectivity index (χ0) is 15.6. The van der Waals surface area contributed by atoms with E-state index in [2.05, 4.69) is 23.8 Å². The first-order valence-electron chi connectivity index (χ1n) is 7.00. The number of carbonyl (C=O) groups is 1. The van der Waals surface area contributed by atoms with Crippen LogP contribution < -0.4 is 0 Å². The molecule has 2 aromatic rings. The molecular weight excluding hydrogens is 304 g/mol. The van der Waals surface area contributed by atoms with Crippen LogP contribution in [-0.4, -0.2) is 22.0 Å². The molecule has 4 nitrogen and oxygen atoms in total. The molecule has 0 aliphatic carbocycles. The Morgan fingerprint density at radius 3 is 2.48 bits per heavy atom. The quantitative estimate of drug-likeness (QED) is 0.768. The number of esters is 1. The molecule has 0 atom stereocenters. The number of hydrogen-bond donors (Lipinski definition) is 0. The number of hydrogen-bond acceptors (Lipinski definition) is 6. The van der Waals surface area contributed by atoms with E-state index >= 15 is 0 Å². The summed E-state index contributed by atoms with van der Waals surface area (Å²) in [5, 5.41) is 1.67. The summed E-state index contributed by atoms with van der Waals surface area (Å²) in [7, 11) is 0. The number of thiazole rings is 2. The fourth-order valence-corrected chi connectivity index (χ4v) is 3.89. The molecular formula is C15H20N2O2S2. The number of aryl methyl sites for hydroxylation is 1. The lowest BCUT2D eigenvalue weighted by atomic mass is 10.1. The van der Waals surface area contributed by atoms with Gasteiger partial charge >= 0.3 is 5.97 Å². The molecule has 0 aliphatic rings. The SMILES string of the molecule is Cc1cnc(-c2nc(C(=O)OC(C)C)c(CC(C)C)s2)s1. The fraction of sp³-hybridized carbons (Fsp3) is 0.533. The van der Waals surface area contributed by atoms with Gasteiger partial charge in [-0.2, -0.15) is 0 Å². The van der Waals surface area contributed by atoms with Gasteiger partial charge in [-0.3, -0.25) is 0 Å². The molecule has 2 aromatic heterocycles. The molecule has 6 heteroatoms. The zero-order valence-corrected chi connectivity index (χ0v) is 14.6. The van der Waals surface area contributed by atoms with Crippen LogP contribution in [0.3, 0.4) is 0 Å². The standard InChI is InChI=1S/C15H20N2O2S2/c1-8(2)6-11-12(15(18)19-9(3)4)17-14(21-11)13-16-7-10(5)20-13/h7-9H,6H2,1-5H3. The van der Waals surface area contributed by atoms with Crippen molar-refractivity contribution in [3.05, 3.63) is 21.6 Å². The van der Waals surface area contributed by atoms with Crippen molar-refractivity contribution in [3.63, 3.8) is 0 Å². The maximum absolute atomic E-state index is 12.2. The molecule has 2 heterocycles. The lowest BCUT2D eigenvalue weighted by Gasteiger charge is -2.08. The van der Waals surface area contributed by atoms with Crippen molar-refractivity contribution in [2.24, 2.45) is 5.92 Å². The Hall–Kier alpha value is -1.27. The third-order valence-corrected chi connectivity index (χ3v) is 4.76. The third-order valence-electron chi connectivity index (χ3n) is 2.63. The van der Waals surface area contributed by atoms with Crippen LogP contribution in [0, 0.1) is 12.8 Å². The minimum Gasteiger partial charge on any atom is -0.458 e. The van der Waals surface area contributed by atoms with E-state index in [9.17, 15) is 4.79 Å². The van der Waals surface area contributed by atoms with Crippen molar-refractivity contribution in [1.82, 2.24) is 9.97 Å². The maximum atomic E-state index is 12.2. The second-order valence-electron chi connectivity index (χ2n) is 5.62. The normalized spacial score (nSPS) is 11.4. The van der Waals surface area contributed by atoms with Gasteiger partial charge in [0.15, 0.2) is 15.7 Å². The van der Waals surface area contributed by atoms with Crippen LogP contribution in [0.1, 0.15) is 47.9 Å². The highest BCUT2D eigenvalue weighted by molar-refractivity contribution is 7.21. The second-order valence-corrected chi connectivity index (χ2v) is 7.94. The summed E-state index contributed by atoms with van der Waals surface area (Å²) in [6, 6.07) is 0. The van der Waals surface area contributed by atoms with E-state index in [-0.39, 0.29) is 12.1 Å². The Morgan fingerprint density at radius 2 is 1.95 bits per heavy atom. The molecule has 2 rings (SSSR count). The van der Waals surface area contributed by atoms with Crippen LogP contribution >= 0.6 is 22.7 Å². The summed E-state index contributed by atoms with van der Waals surface area (Å²) < 4.78 is 5.30. The molecule has 0 aliphatic heterocycles. The summed E-state index contributed by atoms with van der Waals surface area (Å²) in [5.74, 6) is 0.123. The second kappa shape index (κ2) is 6.66. The van der Waals surface area contributed by atoms with E-state index in [0.717, 1.165) is 26.2 Å². The maximum Gasteiger partial charge on any atom is 0.358 e. The van der Waals surface area contributed by atoms with Gasteiger partial charge in [-0.15, -0.1) is 22.7 Å². The van der Waals surface area contributed by atoms with Gasteiger partial charge in [0.05, 0.1) is 6.10 Å². The Labute approximate surface area is 133 Å². The van der Waals surface area contributed by atoms with Crippen molar-refractivity contribution in [2.45, 2.75) is 47.1 Å². The van der Waals surface area contributed by atoms with Gasteiger partial charge in [0.25, 0.3) is 0 Å². The minimum atomic E-state index is -0.337. The molecule has 0 aromatic carbocycles. The lowest BCUT2D eigenvalue weighted by Crippen LogP contribution is -2.14. The average Bonchev–Trinajstić information content (AvgIpc) is 2.94. The van der Waals surface area contributed by atoms with E-state index < -0.39 is 0 Å². The minimum absolute atomic E-state index is 0.142. The van der Waals surface area contributed by atoms with E-state index in [1.54, 1.807) is 22.7 Å². The van der Waals surface area contributed by atoms with Crippen LogP contribution in [-0.2, 0) is 11.2 Å². The highest BCUT2D eigenvalue weighted by atomic mass is 32.1. The van der Waals surface area contributed by atoms with Gasteiger partial charge < -0.3 is 4.74 Å². The van der Waals surface area contributed by atoms with E-state index in [1.165, 1.54) is 0 Å². The molecule has 0 bridgehead atoms. The van der Waals surface area contributed by atoms with Crippen molar-refractivity contribution in [1.29, 1.82) is 0 Å². The first kappa shape index (κ1) is 16.1. The van der Waals surface area contributed by atoms with Crippen molar-refractivity contribution in [3.8, 4) is 10.0 Å². The molecule has 0 saturated carbocycles. The highest BCUT2D eigenvalue weighted by Gasteiger charge is 2.22. The molecule has 0 N–H and O–H groups in total. The molecule has 21 heavy (non-hydrogen) atoms. The fourth-order valence-electron chi connectivity index (χ4n) is 1.84. The summed E-state index contributed by atoms with van der Waals surface area (Å²) in [5.41, 5.74) is 0.449. The Bertz CT molecular complexity index is 629. The Kier molecular flexibility index (Phi) is 5.11.